The van der Waals surface area contributed by atoms with E-state index in [1.165, 1.54) is 6.20 Å². The number of allylic oxidation sites excluding steroid dienone is 2. The Bertz CT molecular complexity index is 466. The molecule has 0 saturated heterocycles. The molecule has 1 atom stereocenters. The van der Waals surface area contributed by atoms with Crippen LogP contribution in [0.5, 0.6) is 0 Å². The molecule has 0 aromatic carbocycles. The average molecular weight is 216 g/mol. The highest BCUT2D eigenvalue weighted by Gasteiger charge is 2.19. The molecule has 0 spiro atoms. The van der Waals surface area contributed by atoms with Gasteiger partial charge in [0.15, 0.2) is 5.78 Å². The summed E-state index contributed by atoms with van der Waals surface area (Å²) in [6, 6.07) is 1.73. The molecule has 0 N–H and O–H groups in total. The van der Waals surface area contributed by atoms with E-state index in [4.69, 9.17) is 0 Å². The third-order valence-corrected chi connectivity index (χ3v) is 2.70. The molecule has 82 valence electrons. The van der Waals surface area contributed by atoms with Gasteiger partial charge in [0.05, 0.1) is 6.20 Å². The van der Waals surface area contributed by atoms with Crippen molar-refractivity contribution >= 4 is 17.0 Å². The van der Waals surface area contributed by atoms with Crippen LogP contribution < -0.4 is 0 Å². The Balaban J connectivity index is 2.44. The van der Waals surface area contributed by atoms with E-state index in [2.05, 4.69) is 10.2 Å². The Labute approximate surface area is 93.4 Å². The standard InChI is InChI=1S/C12H12N2O2/c1-8-4-9(6-10(15)5-8)11-2-3-13-7-12(11)14-16/h2-3,6-8H,4-5H2,1H3. The van der Waals surface area contributed by atoms with Gasteiger partial charge in [-0.3, -0.25) is 9.78 Å². The summed E-state index contributed by atoms with van der Waals surface area (Å²) in [5, 5.41) is 2.93. The first kappa shape index (κ1) is 10.7. The van der Waals surface area contributed by atoms with Crippen LogP contribution in [0.15, 0.2) is 29.7 Å². The monoisotopic (exact) mass is 216 g/mol. The first-order chi connectivity index (χ1) is 7.70. The fourth-order valence-corrected chi connectivity index (χ4v) is 2.02. The van der Waals surface area contributed by atoms with Crippen LogP contribution >= 0.6 is 0 Å². The molecule has 1 aromatic rings. The third-order valence-electron chi connectivity index (χ3n) is 2.70. The molecule has 1 aromatic heterocycles. The number of nitrogens with zero attached hydrogens (tertiary/aromatic N) is 2. The molecule has 0 amide bonds. The molecule has 0 saturated carbocycles. The van der Waals surface area contributed by atoms with E-state index < -0.39 is 0 Å². The fraction of sp³-hybridized carbons (Fsp3) is 0.333. The van der Waals surface area contributed by atoms with Crippen molar-refractivity contribution in [2.24, 2.45) is 11.1 Å². The molecule has 0 fully saturated rings. The number of carbonyl (C=O) groups excluding carboxylic acids is 1. The number of carbonyl (C=O) groups is 1. The summed E-state index contributed by atoms with van der Waals surface area (Å²) in [6.07, 6.45) is 6.03. The summed E-state index contributed by atoms with van der Waals surface area (Å²) in [5.74, 6) is 0.433. The minimum atomic E-state index is 0.113. The number of pyridine rings is 1. The Hall–Kier alpha value is -1.84. The zero-order chi connectivity index (χ0) is 11.5. The first-order valence-electron chi connectivity index (χ1n) is 5.22. The Kier molecular flexibility index (Phi) is 2.90. The second-order valence-electron chi connectivity index (χ2n) is 4.13. The molecule has 4 nitrogen and oxygen atoms in total. The van der Waals surface area contributed by atoms with E-state index in [1.807, 2.05) is 6.92 Å². The van der Waals surface area contributed by atoms with Gasteiger partial charge in [0.2, 0.25) is 0 Å². The van der Waals surface area contributed by atoms with Crippen LogP contribution in [-0.4, -0.2) is 10.8 Å². The maximum Gasteiger partial charge on any atom is 0.156 e. The molecule has 0 bridgehead atoms. The number of hydrogen-bond acceptors (Lipinski definition) is 4. The number of aromatic nitrogens is 1. The lowest BCUT2D eigenvalue weighted by atomic mass is 9.86. The molecule has 4 heteroatoms. The SMILES string of the molecule is CC1CC(=O)C=C(c2ccncc2N=O)C1. The molecule has 0 radical (unpaired) electrons. The van der Waals surface area contributed by atoms with Crippen LogP contribution in [0.4, 0.5) is 5.69 Å². The van der Waals surface area contributed by atoms with Crippen LogP contribution in [0.3, 0.4) is 0 Å². The highest BCUT2D eigenvalue weighted by Crippen LogP contribution is 2.33. The highest BCUT2D eigenvalue weighted by molar-refractivity contribution is 5.99. The molecule has 1 aliphatic carbocycles. The van der Waals surface area contributed by atoms with E-state index in [-0.39, 0.29) is 5.78 Å². The van der Waals surface area contributed by atoms with E-state index in [1.54, 1.807) is 18.3 Å². The van der Waals surface area contributed by atoms with Crippen molar-refractivity contribution in [2.75, 3.05) is 0 Å². The second kappa shape index (κ2) is 4.35. The summed E-state index contributed by atoms with van der Waals surface area (Å²) in [6.45, 7) is 2.03. The average Bonchev–Trinajstić information content (AvgIpc) is 2.27. The van der Waals surface area contributed by atoms with Crippen LogP contribution in [0.2, 0.25) is 0 Å². The van der Waals surface area contributed by atoms with Crippen molar-refractivity contribution in [1.82, 2.24) is 4.98 Å². The largest absolute Gasteiger partial charge is 0.295 e. The summed E-state index contributed by atoms with van der Waals surface area (Å²) in [7, 11) is 0. The zero-order valence-electron chi connectivity index (χ0n) is 9.01. The van der Waals surface area contributed by atoms with Crippen LogP contribution in [0.25, 0.3) is 5.57 Å². The number of ketones is 1. The van der Waals surface area contributed by atoms with Gasteiger partial charge >= 0.3 is 0 Å². The number of nitroso groups, excluding NO2 is 1. The van der Waals surface area contributed by atoms with Gasteiger partial charge in [0.1, 0.15) is 5.69 Å². The minimum Gasteiger partial charge on any atom is -0.295 e. The minimum absolute atomic E-state index is 0.113. The maximum atomic E-state index is 11.5. The van der Waals surface area contributed by atoms with Gasteiger partial charge in [-0.15, -0.1) is 4.91 Å². The number of rotatable bonds is 2. The van der Waals surface area contributed by atoms with Gasteiger partial charge in [-0.2, -0.15) is 0 Å². The normalized spacial score (nSPS) is 20.4. The molecule has 2 rings (SSSR count). The predicted octanol–water partition coefficient (Wildman–Crippen LogP) is 2.86. The summed E-state index contributed by atoms with van der Waals surface area (Å²) < 4.78 is 0. The predicted molar refractivity (Wildman–Crippen MR) is 61.1 cm³/mol. The van der Waals surface area contributed by atoms with Crippen molar-refractivity contribution < 1.29 is 4.79 Å². The van der Waals surface area contributed by atoms with Crippen LogP contribution in [-0.2, 0) is 4.79 Å². The van der Waals surface area contributed by atoms with Crippen molar-refractivity contribution in [3.8, 4) is 0 Å². The van der Waals surface area contributed by atoms with Crippen LogP contribution in [0, 0.1) is 10.8 Å². The highest BCUT2D eigenvalue weighted by atomic mass is 16.3. The summed E-state index contributed by atoms with van der Waals surface area (Å²) in [4.78, 5) is 25.9. The fourth-order valence-electron chi connectivity index (χ4n) is 2.02. The molecule has 1 aliphatic rings. The van der Waals surface area contributed by atoms with Gasteiger partial charge in [-0.1, -0.05) is 6.92 Å². The van der Waals surface area contributed by atoms with Crippen molar-refractivity contribution in [1.29, 1.82) is 0 Å². The molecular formula is C12H12N2O2. The molecule has 16 heavy (non-hydrogen) atoms. The molecular weight excluding hydrogens is 204 g/mol. The lowest BCUT2D eigenvalue weighted by Crippen LogP contribution is -2.10. The maximum absolute atomic E-state index is 11.5. The van der Waals surface area contributed by atoms with Gasteiger partial charge in [0, 0.05) is 18.2 Å². The second-order valence-corrected chi connectivity index (χ2v) is 4.13. The molecule has 1 heterocycles. The smallest absolute Gasteiger partial charge is 0.156 e. The van der Waals surface area contributed by atoms with E-state index in [9.17, 15) is 9.70 Å². The molecule has 1 unspecified atom stereocenters. The van der Waals surface area contributed by atoms with Gasteiger partial charge < -0.3 is 0 Å². The van der Waals surface area contributed by atoms with Crippen molar-refractivity contribution in [3.05, 3.63) is 35.0 Å². The van der Waals surface area contributed by atoms with Gasteiger partial charge in [-0.05, 0) is 35.2 Å². The van der Waals surface area contributed by atoms with E-state index >= 15 is 0 Å². The Morgan fingerprint density at radius 3 is 2.94 bits per heavy atom. The summed E-state index contributed by atoms with van der Waals surface area (Å²) >= 11 is 0. The lowest BCUT2D eigenvalue weighted by molar-refractivity contribution is -0.115. The van der Waals surface area contributed by atoms with Crippen LogP contribution in [0.1, 0.15) is 25.3 Å². The summed E-state index contributed by atoms with van der Waals surface area (Å²) in [5.41, 5.74) is 1.92. The van der Waals surface area contributed by atoms with Crippen molar-refractivity contribution in [2.45, 2.75) is 19.8 Å². The molecule has 0 aliphatic heterocycles. The van der Waals surface area contributed by atoms with Gasteiger partial charge in [0.25, 0.3) is 0 Å². The van der Waals surface area contributed by atoms with Gasteiger partial charge in [-0.25, -0.2) is 0 Å². The first-order valence-corrected chi connectivity index (χ1v) is 5.22. The Morgan fingerprint density at radius 2 is 2.25 bits per heavy atom. The lowest BCUT2D eigenvalue weighted by Gasteiger charge is -2.18. The zero-order valence-corrected chi connectivity index (χ0v) is 9.01. The topological polar surface area (TPSA) is 59.4 Å². The third kappa shape index (κ3) is 2.05. The van der Waals surface area contributed by atoms with Crippen molar-refractivity contribution in [3.63, 3.8) is 0 Å². The van der Waals surface area contributed by atoms with E-state index in [0.29, 0.717) is 18.0 Å². The number of hydrogen-bond donors (Lipinski definition) is 0. The quantitative estimate of drug-likeness (QED) is 0.714. The Morgan fingerprint density at radius 1 is 1.44 bits per heavy atom. The van der Waals surface area contributed by atoms with E-state index in [0.717, 1.165) is 17.6 Å².